The number of nitrogens with one attached hydrogen (secondary N) is 2. The number of carbonyl (C=O) groups is 2. The van der Waals surface area contributed by atoms with Crippen LogP contribution in [0.5, 0.6) is 11.5 Å². The van der Waals surface area contributed by atoms with Crippen LogP contribution in [0, 0.1) is 0 Å². The number of methoxy groups -OCH3 is 1. The zero-order valence-corrected chi connectivity index (χ0v) is 17.3. The Morgan fingerprint density at radius 3 is 2.50 bits per heavy atom. The van der Waals surface area contributed by atoms with Gasteiger partial charge in [-0.25, -0.2) is 13.2 Å². The van der Waals surface area contributed by atoms with Crippen LogP contribution in [0.3, 0.4) is 0 Å². The second kappa shape index (κ2) is 9.04. The molecule has 0 fully saturated rings. The van der Waals surface area contributed by atoms with E-state index >= 15 is 0 Å². The summed E-state index contributed by atoms with van der Waals surface area (Å²) in [5.74, 6) is -1.32. The van der Waals surface area contributed by atoms with E-state index in [0.29, 0.717) is 22.6 Å². The Morgan fingerprint density at radius 2 is 1.89 bits per heavy atom. The number of amides is 1. The summed E-state index contributed by atoms with van der Waals surface area (Å²) in [6.45, 7) is 2.18. The third-order valence-corrected chi connectivity index (χ3v) is 5.30. The number of carboxylic acid groups (broad SMARTS) is 1. The minimum absolute atomic E-state index is 0.106. The molecule has 0 aliphatic carbocycles. The van der Waals surface area contributed by atoms with Crippen molar-refractivity contribution >= 4 is 37.8 Å². The molecule has 28 heavy (non-hydrogen) atoms. The van der Waals surface area contributed by atoms with E-state index in [4.69, 9.17) is 14.6 Å². The van der Waals surface area contributed by atoms with Crippen LogP contribution >= 0.6 is 15.9 Å². The Kier molecular flexibility index (Phi) is 7.00. The first-order valence-corrected chi connectivity index (χ1v) is 10.1. The number of ether oxygens (including phenoxy) is 2. The van der Waals surface area contributed by atoms with Crippen molar-refractivity contribution in [2.24, 2.45) is 0 Å². The lowest BCUT2D eigenvalue weighted by Crippen LogP contribution is -2.41. The number of sulfonamides is 1. The molecule has 9 nitrogen and oxygen atoms in total. The zero-order chi connectivity index (χ0) is 20.9. The molecule has 0 aliphatic heterocycles. The molecule has 11 heteroatoms. The van der Waals surface area contributed by atoms with Crippen LogP contribution in [0.25, 0.3) is 0 Å². The lowest BCUT2D eigenvalue weighted by Gasteiger charge is -2.14. The SMILES string of the molecule is CCOc1c(Br)cc(C(=O)NNS(=O)(=O)c2cccc(C(=O)O)c2)cc1OC. The van der Waals surface area contributed by atoms with E-state index < -0.39 is 21.9 Å². The quantitative estimate of drug-likeness (QED) is 0.501. The van der Waals surface area contributed by atoms with Gasteiger partial charge in [-0.1, -0.05) is 6.07 Å². The average Bonchev–Trinajstić information content (AvgIpc) is 2.67. The summed E-state index contributed by atoms with van der Waals surface area (Å²) < 4.78 is 35.7. The first-order chi connectivity index (χ1) is 13.2. The summed E-state index contributed by atoms with van der Waals surface area (Å²) in [4.78, 5) is 24.9. The van der Waals surface area contributed by atoms with Gasteiger partial charge < -0.3 is 14.6 Å². The molecule has 150 valence electrons. The van der Waals surface area contributed by atoms with Gasteiger partial charge in [-0.3, -0.25) is 10.2 Å². The van der Waals surface area contributed by atoms with Crippen LogP contribution < -0.4 is 19.7 Å². The highest BCUT2D eigenvalue weighted by molar-refractivity contribution is 9.10. The van der Waals surface area contributed by atoms with Crippen molar-refractivity contribution in [1.82, 2.24) is 10.3 Å². The van der Waals surface area contributed by atoms with Gasteiger partial charge in [-0.2, -0.15) is 0 Å². The normalized spacial score (nSPS) is 11.0. The van der Waals surface area contributed by atoms with Crippen LogP contribution in [-0.2, 0) is 10.0 Å². The number of halogens is 1. The zero-order valence-electron chi connectivity index (χ0n) is 14.9. The number of hydrazine groups is 1. The van der Waals surface area contributed by atoms with Gasteiger partial charge >= 0.3 is 5.97 Å². The van der Waals surface area contributed by atoms with Crippen molar-refractivity contribution in [3.8, 4) is 11.5 Å². The van der Waals surface area contributed by atoms with E-state index in [1.165, 1.54) is 37.4 Å². The van der Waals surface area contributed by atoms with Crippen LogP contribution in [0.1, 0.15) is 27.6 Å². The Bertz CT molecular complexity index is 1010. The maximum Gasteiger partial charge on any atom is 0.335 e. The lowest BCUT2D eigenvalue weighted by molar-refractivity contribution is 0.0696. The number of rotatable bonds is 8. The molecule has 0 radical (unpaired) electrons. The fourth-order valence-electron chi connectivity index (χ4n) is 2.18. The lowest BCUT2D eigenvalue weighted by atomic mass is 10.2. The molecule has 0 saturated heterocycles. The summed E-state index contributed by atoms with van der Waals surface area (Å²) >= 11 is 3.28. The second-order valence-electron chi connectivity index (χ2n) is 5.32. The Morgan fingerprint density at radius 1 is 1.18 bits per heavy atom. The molecule has 0 aliphatic rings. The van der Waals surface area contributed by atoms with Gasteiger partial charge in [-0.15, -0.1) is 4.83 Å². The number of hydrogen-bond donors (Lipinski definition) is 3. The summed E-state index contributed by atoms with van der Waals surface area (Å²) in [6.07, 6.45) is 0. The summed E-state index contributed by atoms with van der Waals surface area (Å²) in [7, 11) is -2.77. The standard InChI is InChI=1S/C17H17BrN2O7S/c1-3-27-15-13(18)8-11(9-14(15)26-2)16(21)19-20-28(24,25)12-6-4-5-10(7-12)17(22)23/h4-9,20H,3H2,1-2H3,(H,19,21)(H,22,23). The van der Waals surface area contributed by atoms with Crippen molar-refractivity contribution < 1.29 is 32.6 Å². The van der Waals surface area contributed by atoms with Crippen molar-refractivity contribution in [3.05, 3.63) is 52.0 Å². The highest BCUT2D eigenvalue weighted by Crippen LogP contribution is 2.36. The topological polar surface area (TPSA) is 131 Å². The first kappa shape index (κ1) is 21.7. The van der Waals surface area contributed by atoms with Crippen LogP contribution in [0.2, 0.25) is 0 Å². The predicted molar refractivity (Wildman–Crippen MR) is 103 cm³/mol. The summed E-state index contributed by atoms with van der Waals surface area (Å²) in [5, 5.41) is 8.97. The van der Waals surface area contributed by atoms with Gasteiger partial charge in [0, 0.05) is 5.56 Å². The van der Waals surface area contributed by atoms with Crippen molar-refractivity contribution in [1.29, 1.82) is 0 Å². The van der Waals surface area contributed by atoms with Crippen molar-refractivity contribution in [2.75, 3.05) is 13.7 Å². The van der Waals surface area contributed by atoms with Gasteiger partial charge in [0.1, 0.15) is 0 Å². The first-order valence-electron chi connectivity index (χ1n) is 7.85. The second-order valence-corrected chi connectivity index (χ2v) is 7.85. The largest absolute Gasteiger partial charge is 0.493 e. The fraction of sp³-hybridized carbons (Fsp3) is 0.176. The molecule has 2 aromatic rings. The molecular formula is C17H17BrN2O7S. The van der Waals surface area contributed by atoms with Crippen LogP contribution in [0.4, 0.5) is 0 Å². The minimum atomic E-state index is -4.17. The van der Waals surface area contributed by atoms with Crippen LogP contribution in [-0.4, -0.2) is 39.1 Å². The smallest absolute Gasteiger partial charge is 0.335 e. The summed E-state index contributed by atoms with van der Waals surface area (Å²) in [6, 6.07) is 7.56. The van der Waals surface area contributed by atoms with Gasteiger partial charge in [0.2, 0.25) is 0 Å². The van der Waals surface area contributed by atoms with Gasteiger partial charge in [-0.05, 0) is 53.2 Å². The van der Waals surface area contributed by atoms with E-state index in [-0.39, 0.29) is 16.0 Å². The molecule has 3 N–H and O–H groups in total. The van der Waals surface area contributed by atoms with Crippen LogP contribution in [0.15, 0.2) is 45.8 Å². The molecule has 0 saturated carbocycles. The highest BCUT2D eigenvalue weighted by atomic mass is 79.9. The maximum absolute atomic E-state index is 12.3. The predicted octanol–water partition coefficient (Wildman–Crippen LogP) is 2.18. The molecule has 2 rings (SSSR count). The van der Waals surface area contributed by atoms with E-state index in [2.05, 4.69) is 21.4 Å². The maximum atomic E-state index is 12.3. The number of carbonyl (C=O) groups excluding carboxylic acids is 1. The summed E-state index contributed by atoms with van der Waals surface area (Å²) in [5.41, 5.74) is 1.98. The monoisotopic (exact) mass is 472 g/mol. The van der Waals surface area contributed by atoms with Gasteiger partial charge in [0.05, 0.1) is 28.6 Å². The molecule has 0 aromatic heterocycles. The number of aromatic carboxylic acids is 1. The average molecular weight is 473 g/mol. The number of hydrogen-bond acceptors (Lipinski definition) is 6. The minimum Gasteiger partial charge on any atom is -0.493 e. The van der Waals surface area contributed by atoms with E-state index in [0.717, 1.165) is 6.07 Å². The van der Waals surface area contributed by atoms with E-state index in [1.54, 1.807) is 6.92 Å². The molecule has 0 spiro atoms. The molecular weight excluding hydrogens is 456 g/mol. The molecule has 0 bridgehead atoms. The van der Waals surface area contributed by atoms with Gasteiger partial charge in [0.25, 0.3) is 15.9 Å². The van der Waals surface area contributed by atoms with Crippen molar-refractivity contribution in [2.45, 2.75) is 11.8 Å². The van der Waals surface area contributed by atoms with E-state index in [9.17, 15) is 18.0 Å². The van der Waals surface area contributed by atoms with Gasteiger partial charge in [0.15, 0.2) is 11.5 Å². The highest BCUT2D eigenvalue weighted by Gasteiger charge is 2.19. The Labute approximate surface area is 169 Å². The Balaban J connectivity index is 2.20. The molecule has 0 atom stereocenters. The van der Waals surface area contributed by atoms with E-state index in [1.807, 2.05) is 4.83 Å². The fourth-order valence-corrected chi connectivity index (χ4v) is 3.62. The Hall–Kier alpha value is -2.63. The molecule has 2 aromatic carbocycles. The third-order valence-electron chi connectivity index (χ3n) is 3.47. The third kappa shape index (κ3) is 5.00. The number of carboxylic acids is 1. The van der Waals surface area contributed by atoms with Crippen molar-refractivity contribution in [3.63, 3.8) is 0 Å². The molecule has 0 unspecified atom stereocenters. The molecule has 0 heterocycles. The molecule has 1 amide bonds. The number of benzene rings is 2.